The molecule has 17 amide bonds. The number of nitrogens with zero attached hydrogens (tertiary/aromatic N) is 5. The van der Waals surface area contributed by atoms with Gasteiger partial charge in [-0.3, -0.25) is 95.9 Å². The molecule has 0 bridgehead atoms. The largest absolute Gasteiger partial charge is 0.481 e. The maximum absolute atomic E-state index is 14.4. The third-order valence-electron chi connectivity index (χ3n) is 20.4. The summed E-state index contributed by atoms with van der Waals surface area (Å²) in [5.74, 6) is -21.8. The highest BCUT2D eigenvalue weighted by Crippen LogP contribution is 2.27. The van der Waals surface area contributed by atoms with Crippen molar-refractivity contribution in [2.45, 2.75) is 226 Å². The van der Waals surface area contributed by atoms with E-state index in [9.17, 15) is 132 Å². The maximum Gasteiger partial charge on any atom is 0.322 e. The molecule has 0 aromatic carbocycles. The molecule has 4 aliphatic rings. The smallest absolute Gasteiger partial charge is 0.322 e. The number of nitrogens with two attached hydrogens (primary N) is 3. The van der Waals surface area contributed by atoms with Crippen LogP contribution < -0.4 is 86.3 Å². The van der Waals surface area contributed by atoms with Crippen LogP contribution in [0.4, 0.5) is 0 Å². The van der Waals surface area contributed by atoms with Crippen LogP contribution in [-0.4, -0.2) is 371 Å². The van der Waals surface area contributed by atoms with Crippen LogP contribution in [0.3, 0.4) is 0 Å². The first-order valence-electron chi connectivity index (χ1n) is 39.9. The Bertz CT molecular complexity index is 3860. The summed E-state index contributed by atoms with van der Waals surface area (Å²) in [7, 11) is 0. The average Bonchev–Trinajstić information content (AvgIpc) is 1.64. The van der Waals surface area contributed by atoms with Crippen LogP contribution in [0.2, 0.25) is 0 Å². The fraction of sp³-hybridized carbons (Fsp3) is 0.681. The number of hydrogen-bond donors (Lipinski definition) is 25. The summed E-state index contributed by atoms with van der Waals surface area (Å²) in [6.07, 6.45) is -2.46. The van der Waals surface area contributed by atoms with E-state index >= 15 is 0 Å². The van der Waals surface area contributed by atoms with E-state index in [-0.39, 0.29) is 122 Å². The van der Waals surface area contributed by atoms with Crippen molar-refractivity contribution in [3.63, 3.8) is 0 Å². The van der Waals surface area contributed by atoms with Crippen molar-refractivity contribution in [2.75, 3.05) is 85.3 Å². The summed E-state index contributed by atoms with van der Waals surface area (Å²) in [5, 5.41) is 112. The summed E-state index contributed by atoms with van der Waals surface area (Å²) in [6.45, 7) is -3.63. The van der Waals surface area contributed by atoms with Gasteiger partial charge >= 0.3 is 17.9 Å². The molecule has 0 unspecified atom stereocenters. The number of carboxylic acid groups (broad SMARTS) is 3. The minimum atomic E-state index is -2.12. The Morgan fingerprint density at radius 2 is 0.828 bits per heavy atom. The van der Waals surface area contributed by atoms with Crippen LogP contribution in [0, 0.1) is 0 Å². The molecule has 4 aliphatic heterocycles. The summed E-state index contributed by atoms with van der Waals surface area (Å²) >= 11 is 0. The van der Waals surface area contributed by atoms with Crippen molar-refractivity contribution in [1.82, 2.24) is 98.7 Å². The molecule has 50 heteroatoms. The molecule has 50 nitrogen and oxygen atoms in total. The quantitative estimate of drug-likeness (QED) is 0.0269. The lowest BCUT2D eigenvalue weighted by atomic mass is 10.0. The third-order valence-corrected chi connectivity index (χ3v) is 20.4. The number of aliphatic carboxylic acids is 3. The zero-order valence-corrected chi connectivity index (χ0v) is 67.5. The minimum absolute atomic E-state index is 0.0148. The molecule has 4 fully saturated rings. The number of carbonyl (C=O) groups is 20. The number of aromatic nitrogens is 2. The number of aromatic amines is 1. The molecule has 1 aromatic rings. The number of aliphatic hydroxyl groups excluding tert-OH is 5. The van der Waals surface area contributed by atoms with Gasteiger partial charge in [0.05, 0.1) is 70.1 Å². The molecule has 0 radical (unpaired) electrons. The van der Waals surface area contributed by atoms with E-state index in [2.05, 4.69) is 79.1 Å². The van der Waals surface area contributed by atoms with Gasteiger partial charge in [-0.1, -0.05) is 0 Å². The number of amides is 17. The van der Waals surface area contributed by atoms with E-state index in [1.807, 2.05) is 0 Å². The number of likely N-dealkylation sites (tertiary alicyclic amines) is 4. The van der Waals surface area contributed by atoms with Gasteiger partial charge in [0, 0.05) is 45.2 Å². The van der Waals surface area contributed by atoms with E-state index in [1.54, 1.807) is 0 Å². The van der Waals surface area contributed by atoms with Crippen LogP contribution in [0.15, 0.2) is 12.5 Å². The number of unbranched alkanes of at least 4 members (excludes halogenated alkanes) is 2. The molecule has 1 aromatic heterocycles. The zero-order valence-electron chi connectivity index (χ0n) is 67.5. The van der Waals surface area contributed by atoms with Crippen molar-refractivity contribution in [3.8, 4) is 0 Å². The molecule has 0 aliphatic carbocycles. The molecule has 122 heavy (non-hydrogen) atoms. The van der Waals surface area contributed by atoms with E-state index in [0.29, 0.717) is 12.8 Å². The van der Waals surface area contributed by atoms with Crippen molar-refractivity contribution >= 4 is 118 Å². The van der Waals surface area contributed by atoms with Crippen molar-refractivity contribution < 1.29 is 137 Å². The van der Waals surface area contributed by atoms with Gasteiger partial charge in [0.2, 0.25) is 100 Å². The highest BCUT2D eigenvalue weighted by Gasteiger charge is 2.47. The fourth-order valence-corrected chi connectivity index (χ4v) is 14.0. The van der Waals surface area contributed by atoms with Crippen LogP contribution in [0.25, 0.3) is 0 Å². The topological polar surface area (TPSA) is 779 Å². The second kappa shape index (κ2) is 50.5. The number of rotatable bonds is 51. The highest BCUT2D eigenvalue weighted by atomic mass is 16.4. The maximum atomic E-state index is 14.4. The molecule has 28 N–H and O–H groups in total. The lowest BCUT2D eigenvalue weighted by Crippen LogP contribution is -2.63. The monoisotopic (exact) mass is 1730 g/mol. The van der Waals surface area contributed by atoms with Crippen LogP contribution in [0.1, 0.15) is 129 Å². The Morgan fingerprint density at radius 1 is 0.418 bits per heavy atom. The lowest BCUT2D eigenvalue weighted by Gasteiger charge is -2.33. The van der Waals surface area contributed by atoms with Gasteiger partial charge in [-0.25, -0.2) is 4.98 Å². The Morgan fingerprint density at radius 3 is 1.32 bits per heavy atom. The fourth-order valence-electron chi connectivity index (χ4n) is 14.0. The predicted octanol–water partition coefficient (Wildman–Crippen LogP) is -13.5. The molecule has 16 atom stereocenters. The zero-order chi connectivity index (χ0) is 90.6. The first-order chi connectivity index (χ1) is 57.9. The number of H-pyrrole nitrogens is 1. The Kier molecular flexibility index (Phi) is 41.8. The van der Waals surface area contributed by atoms with Gasteiger partial charge in [-0.15, -0.1) is 0 Å². The number of nitrogens with one attached hydrogen (secondary N) is 14. The molecule has 5 rings (SSSR count). The first-order valence-corrected chi connectivity index (χ1v) is 39.9. The van der Waals surface area contributed by atoms with E-state index in [1.165, 1.54) is 17.4 Å². The molecule has 5 heterocycles. The number of aliphatic hydroxyl groups is 5. The van der Waals surface area contributed by atoms with Crippen molar-refractivity contribution in [1.29, 1.82) is 0 Å². The Labute approximate surface area is 698 Å². The summed E-state index contributed by atoms with van der Waals surface area (Å²) in [4.78, 5) is 280. The van der Waals surface area contributed by atoms with Crippen LogP contribution in [-0.2, 0) is 102 Å². The first kappa shape index (κ1) is 101. The highest BCUT2D eigenvalue weighted by molar-refractivity contribution is 6.02. The van der Waals surface area contributed by atoms with Gasteiger partial charge < -0.3 is 152 Å². The number of imidazole rings is 1. The Balaban J connectivity index is 1.26. The summed E-state index contributed by atoms with van der Waals surface area (Å²) < 4.78 is 0. The Hall–Kier alpha value is -11.7. The molecule has 0 spiro atoms. The summed E-state index contributed by atoms with van der Waals surface area (Å²) in [6, 6.07) is -23.2. The van der Waals surface area contributed by atoms with Crippen molar-refractivity contribution in [3.05, 3.63) is 18.2 Å². The molecule has 4 saturated heterocycles. The van der Waals surface area contributed by atoms with Gasteiger partial charge in [0.15, 0.2) is 0 Å². The number of carboxylic acids is 3. The van der Waals surface area contributed by atoms with Gasteiger partial charge in [0.1, 0.15) is 91.1 Å². The standard InChI is InChI=1S/C72H114N22O28/c1-36(98)57(89-60(110)40(12-4-6-20-74)82-61(111)43(26-55(105)106)84-63(113)44(32-95)86-59(109)39(11-3-5-19-73)83-65(115)48-14-8-22-92(48)69(119)41(17-18-54(103)104)81-53(102)30-77-51(100)27-75)67(117)85-42(25-38-28-76-35-80-38)62(112)90-58(37(2)99)68(118)88-46(34-97)71(121)94-24-10-16-50(94)72(122)93-23-9-15-49(93)66(116)87-45(33-96)70(120)91-21-7-13-47(91)64(114)79-29-52(101)78-31-56(107)108/h28,35-37,39-50,57-58,95-99H,3-27,29-34,73-75H2,1-2H3,(H,76,80)(H,77,100)(H,78,101)(H,79,114)(H,81,102)(H,82,111)(H,83,115)(H,84,113)(H,85,117)(H,86,109)(H,87,116)(H,88,118)(H,89,110)(H,90,112)(H,103,104)(H,105,106)(H,107,108)/t36-,37-,39+,40+,41+,42+,43+,44+,45+,46+,47+,48+,49+,50+,57+,58+/m1/s1. The second-order valence-corrected chi connectivity index (χ2v) is 29.5. The third kappa shape index (κ3) is 30.8. The SMILES string of the molecule is C[C@@H](O)[C@H](NC(=O)[C@H](CCCCN)NC(=O)[C@H](CC(=O)O)NC(=O)[C@H](CO)NC(=O)[C@H](CCCCN)NC(=O)[C@@H]1CCCN1C(=O)[C@H](CCC(=O)O)NC(=O)CNC(=O)CN)C(=O)N[C@@H](Cc1c[nH]cn1)C(=O)N[C@H](C(=O)N[C@@H](CO)C(=O)N1CCC[C@H]1C(=O)N1CCC[C@H]1C(=O)N[C@@H](CO)C(=O)N1CCC[C@H]1C(=O)NCC(=O)NCC(=O)O)[C@@H](C)O. The normalized spacial score (nSPS) is 19.1. The number of carbonyl (C=O) groups excluding carboxylic acids is 17. The lowest BCUT2D eigenvalue weighted by molar-refractivity contribution is -0.149. The van der Waals surface area contributed by atoms with Gasteiger partial charge in [-0.05, 0) is 123 Å². The van der Waals surface area contributed by atoms with Crippen molar-refractivity contribution in [2.24, 2.45) is 17.2 Å². The molecule has 680 valence electrons. The van der Waals surface area contributed by atoms with E-state index < -0.39 is 287 Å². The van der Waals surface area contributed by atoms with E-state index in [4.69, 9.17) is 22.3 Å². The predicted molar refractivity (Wildman–Crippen MR) is 416 cm³/mol. The summed E-state index contributed by atoms with van der Waals surface area (Å²) in [5.41, 5.74) is 16.8. The van der Waals surface area contributed by atoms with Crippen LogP contribution >= 0.6 is 0 Å². The second-order valence-electron chi connectivity index (χ2n) is 29.5. The molecular formula is C72H114N22O28. The van der Waals surface area contributed by atoms with E-state index in [0.717, 1.165) is 28.5 Å². The number of hydrogen-bond acceptors (Lipinski definition) is 29. The average molecular weight is 1740 g/mol. The molecule has 0 saturated carbocycles. The van der Waals surface area contributed by atoms with Gasteiger partial charge in [-0.2, -0.15) is 0 Å². The van der Waals surface area contributed by atoms with Crippen LogP contribution in [0.5, 0.6) is 0 Å². The minimum Gasteiger partial charge on any atom is -0.481 e. The van der Waals surface area contributed by atoms with Gasteiger partial charge in [0.25, 0.3) is 0 Å². The molecular weight excluding hydrogens is 1620 g/mol.